The van der Waals surface area contributed by atoms with Crippen LogP contribution in [0.15, 0.2) is 42.7 Å². The third kappa shape index (κ3) is 2.15. The van der Waals surface area contributed by atoms with Gasteiger partial charge in [-0.25, -0.2) is 4.98 Å². The molecule has 96 valence electrons. The minimum Gasteiger partial charge on any atom is -0.506 e. The Morgan fingerprint density at radius 1 is 1.16 bits per heavy atom. The highest BCUT2D eigenvalue weighted by Gasteiger charge is 2.15. The second-order valence-corrected chi connectivity index (χ2v) is 5.01. The number of nitrogens with zero attached hydrogens (tertiary/aromatic N) is 2. The van der Waals surface area contributed by atoms with Crippen LogP contribution in [0, 0.1) is 0 Å². The van der Waals surface area contributed by atoms with Gasteiger partial charge in [0.2, 0.25) is 0 Å². The summed E-state index contributed by atoms with van der Waals surface area (Å²) >= 11 is 12.3. The van der Waals surface area contributed by atoms with E-state index in [0.29, 0.717) is 27.6 Å². The predicted octanol–water partition coefficient (Wildman–Crippen LogP) is 4.10. The largest absolute Gasteiger partial charge is 0.506 e. The third-order valence-electron chi connectivity index (χ3n) is 2.98. The fourth-order valence-corrected chi connectivity index (χ4v) is 2.69. The molecular weight excluding hydrogens is 283 g/mol. The molecule has 0 fully saturated rings. The Hall–Kier alpha value is -1.71. The first-order chi connectivity index (χ1) is 9.16. The van der Waals surface area contributed by atoms with Crippen LogP contribution >= 0.6 is 23.2 Å². The summed E-state index contributed by atoms with van der Waals surface area (Å²) in [6, 6.07) is 9.94. The van der Waals surface area contributed by atoms with Gasteiger partial charge >= 0.3 is 0 Å². The molecule has 1 aromatic carbocycles. The van der Waals surface area contributed by atoms with Crippen molar-refractivity contribution in [1.29, 1.82) is 0 Å². The van der Waals surface area contributed by atoms with Crippen LogP contribution in [0.2, 0.25) is 10.2 Å². The van der Waals surface area contributed by atoms with E-state index in [1.807, 2.05) is 34.9 Å². The van der Waals surface area contributed by atoms with E-state index in [2.05, 4.69) is 4.98 Å². The maximum absolute atomic E-state index is 9.84. The summed E-state index contributed by atoms with van der Waals surface area (Å²) < 4.78 is 1.89. The Balaban J connectivity index is 2.17. The van der Waals surface area contributed by atoms with Gasteiger partial charge in [0.25, 0.3) is 0 Å². The quantitative estimate of drug-likeness (QED) is 0.722. The van der Waals surface area contributed by atoms with Gasteiger partial charge in [-0.1, -0.05) is 53.5 Å². The number of fused-ring (bicyclic) bond motifs is 1. The molecule has 5 heteroatoms. The summed E-state index contributed by atoms with van der Waals surface area (Å²) in [5, 5.41) is 11.2. The van der Waals surface area contributed by atoms with E-state index in [9.17, 15) is 5.11 Å². The summed E-state index contributed by atoms with van der Waals surface area (Å²) in [5.41, 5.74) is 1.77. The van der Waals surface area contributed by atoms with Crippen molar-refractivity contribution >= 4 is 34.1 Å². The molecule has 0 atom stereocenters. The van der Waals surface area contributed by atoms with Crippen LogP contribution in [0.25, 0.3) is 10.9 Å². The molecule has 0 radical (unpaired) electrons. The Morgan fingerprint density at radius 2 is 1.89 bits per heavy atom. The number of rotatable bonds is 2. The van der Waals surface area contributed by atoms with Crippen molar-refractivity contribution in [2.45, 2.75) is 6.54 Å². The number of hydrogen-bond donors (Lipinski definition) is 1. The zero-order chi connectivity index (χ0) is 13.4. The van der Waals surface area contributed by atoms with Crippen molar-refractivity contribution in [2.24, 2.45) is 0 Å². The standard InChI is InChI=1S/C14H10Cl2N2O/c15-10-8-18(7-9-4-2-1-3-5-9)13-12(10)11(19)6-17-14(13)16/h1-6,8,19H,7H2. The number of hydrogen-bond acceptors (Lipinski definition) is 2. The number of benzene rings is 1. The smallest absolute Gasteiger partial charge is 0.153 e. The first-order valence-corrected chi connectivity index (χ1v) is 6.48. The topological polar surface area (TPSA) is 38.1 Å². The Morgan fingerprint density at radius 3 is 2.63 bits per heavy atom. The second-order valence-electron chi connectivity index (χ2n) is 4.25. The lowest BCUT2D eigenvalue weighted by Gasteiger charge is -2.06. The van der Waals surface area contributed by atoms with Gasteiger partial charge in [0.05, 0.1) is 22.1 Å². The molecule has 0 aliphatic carbocycles. The van der Waals surface area contributed by atoms with Crippen molar-refractivity contribution in [3.63, 3.8) is 0 Å². The van der Waals surface area contributed by atoms with E-state index in [-0.39, 0.29) is 5.75 Å². The summed E-state index contributed by atoms with van der Waals surface area (Å²) in [6.07, 6.45) is 3.07. The first-order valence-electron chi connectivity index (χ1n) is 5.72. The van der Waals surface area contributed by atoms with E-state index in [0.717, 1.165) is 5.56 Å². The zero-order valence-corrected chi connectivity index (χ0v) is 11.4. The van der Waals surface area contributed by atoms with Gasteiger partial charge < -0.3 is 9.67 Å². The van der Waals surface area contributed by atoms with Gasteiger partial charge in [0, 0.05) is 12.7 Å². The number of pyridine rings is 1. The van der Waals surface area contributed by atoms with Crippen LogP contribution in [0.3, 0.4) is 0 Å². The third-order valence-corrected chi connectivity index (χ3v) is 3.54. The van der Waals surface area contributed by atoms with Crippen LogP contribution in [0.5, 0.6) is 5.75 Å². The molecule has 3 nitrogen and oxygen atoms in total. The zero-order valence-electron chi connectivity index (χ0n) is 9.85. The molecule has 0 amide bonds. The van der Waals surface area contributed by atoms with Crippen LogP contribution in [0.4, 0.5) is 0 Å². The van der Waals surface area contributed by atoms with Gasteiger partial charge in [0.1, 0.15) is 5.75 Å². The highest BCUT2D eigenvalue weighted by Crippen LogP contribution is 2.36. The molecule has 0 saturated heterocycles. The van der Waals surface area contributed by atoms with Gasteiger partial charge in [0.15, 0.2) is 5.15 Å². The first kappa shape index (κ1) is 12.3. The Kier molecular flexibility index (Phi) is 3.09. The van der Waals surface area contributed by atoms with E-state index in [1.54, 1.807) is 6.20 Å². The Labute approximate surface area is 120 Å². The summed E-state index contributed by atoms with van der Waals surface area (Å²) in [6.45, 7) is 0.620. The molecule has 0 spiro atoms. The van der Waals surface area contributed by atoms with Crippen molar-refractivity contribution in [2.75, 3.05) is 0 Å². The van der Waals surface area contributed by atoms with Crippen molar-refractivity contribution < 1.29 is 5.11 Å². The fraction of sp³-hybridized carbons (Fsp3) is 0.0714. The van der Waals surface area contributed by atoms with Crippen LogP contribution < -0.4 is 0 Å². The average molecular weight is 293 g/mol. The molecule has 3 aromatic rings. The molecule has 0 aliphatic rings. The highest BCUT2D eigenvalue weighted by molar-refractivity contribution is 6.39. The summed E-state index contributed by atoms with van der Waals surface area (Å²) in [4.78, 5) is 3.96. The minimum atomic E-state index is 0.0382. The van der Waals surface area contributed by atoms with E-state index >= 15 is 0 Å². The monoisotopic (exact) mass is 292 g/mol. The number of aromatic hydroxyl groups is 1. The molecular formula is C14H10Cl2N2O. The summed E-state index contributed by atoms with van der Waals surface area (Å²) in [7, 11) is 0. The normalized spacial score (nSPS) is 11.1. The highest BCUT2D eigenvalue weighted by atomic mass is 35.5. The molecule has 0 aliphatic heterocycles. The van der Waals surface area contributed by atoms with E-state index < -0.39 is 0 Å². The number of halogens is 2. The maximum atomic E-state index is 9.84. The van der Waals surface area contributed by atoms with Crippen molar-refractivity contribution in [1.82, 2.24) is 9.55 Å². The molecule has 0 bridgehead atoms. The van der Waals surface area contributed by atoms with Crippen LogP contribution in [-0.2, 0) is 6.54 Å². The Bertz CT molecular complexity index is 738. The van der Waals surface area contributed by atoms with Gasteiger partial charge in [-0.3, -0.25) is 0 Å². The summed E-state index contributed by atoms with van der Waals surface area (Å²) in [5.74, 6) is 0.0382. The van der Waals surface area contributed by atoms with Crippen LogP contribution in [-0.4, -0.2) is 14.7 Å². The van der Waals surface area contributed by atoms with Crippen molar-refractivity contribution in [3.05, 3.63) is 58.5 Å². The van der Waals surface area contributed by atoms with Gasteiger partial charge in [-0.15, -0.1) is 0 Å². The van der Waals surface area contributed by atoms with Crippen molar-refractivity contribution in [3.8, 4) is 5.75 Å². The molecule has 2 aromatic heterocycles. The van der Waals surface area contributed by atoms with Gasteiger partial charge in [-0.05, 0) is 5.56 Å². The lowest BCUT2D eigenvalue weighted by molar-refractivity contribution is 0.479. The molecule has 0 saturated carbocycles. The predicted molar refractivity (Wildman–Crippen MR) is 77.0 cm³/mol. The lowest BCUT2D eigenvalue weighted by Crippen LogP contribution is -1.98. The molecule has 2 heterocycles. The average Bonchev–Trinajstić information content (AvgIpc) is 2.73. The van der Waals surface area contributed by atoms with Crippen LogP contribution in [0.1, 0.15) is 5.56 Å². The lowest BCUT2D eigenvalue weighted by atomic mass is 10.2. The minimum absolute atomic E-state index is 0.0382. The van der Waals surface area contributed by atoms with E-state index in [4.69, 9.17) is 23.2 Å². The van der Waals surface area contributed by atoms with E-state index in [1.165, 1.54) is 6.20 Å². The van der Waals surface area contributed by atoms with Gasteiger partial charge in [-0.2, -0.15) is 0 Å². The molecule has 3 rings (SSSR count). The second kappa shape index (κ2) is 4.76. The maximum Gasteiger partial charge on any atom is 0.153 e. The molecule has 0 unspecified atom stereocenters. The molecule has 19 heavy (non-hydrogen) atoms. The molecule has 1 N–H and O–H groups in total. The number of aromatic nitrogens is 2. The fourth-order valence-electron chi connectivity index (χ4n) is 2.14. The SMILES string of the molecule is Oc1cnc(Cl)c2c1c(Cl)cn2Cc1ccccc1.